The van der Waals surface area contributed by atoms with Crippen LogP contribution in [0.4, 0.5) is 0 Å². The lowest BCUT2D eigenvalue weighted by atomic mass is 10.1. The molecule has 4 nitrogen and oxygen atoms in total. The van der Waals surface area contributed by atoms with Crippen LogP contribution in [0.1, 0.15) is 19.4 Å². The molecule has 0 radical (unpaired) electrons. The number of carboxylic acids is 1. The summed E-state index contributed by atoms with van der Waals surface area (Å²) in [5.74, 6) is 0.541. The van der Waals surface area contributed by atoms with Gasteiger partial charge in [-0.1, -0.05) is 26.0 Å². The Kier molecular flexibility index (Phi) is 6.36. The number of carbonyl (C=O) groups is 1. The van der Waals surface area contributed by atoms with Gasteiger partial charge < -0.3 is 9.84 Å². The minimum Gasteiger partial charge on any atom is -0.497 e. The van der Waals surface area contributed by atoms with Crippen molar-refractivity contribution in [1.29, 1.82) is 0 Å². The maximum atomic E-state index is 10.8. The van der Waals surface area contributed by atoms with Crippen LogP contribution in [0.3, 0.4) is 0 Å². The number of ether oxygens (including phenoxy) is 1. The van der Waals surface area contributed by atoms with Gasteiger partial charge >= 0.3 is 5.97 Å². The van der Waals surface area contributed by atoms with E-state index in [9.17, 15) is 4.79 Å². The molecule has 0 fully saturated rings. The second-order valence-corrected chi connectivity index (χ2v) is 5.12. The van der Waals surface area contributed by atoms with E-state index in [1.807, 2.05) is 29.2 Å². The summed E-state index contributed by atoms with van der Waals surface area (Å²) in [5.41, 5.74) is 1.19. The Morgan fingerprint density at radius 1 is 1.32 bits per heavy atom. The van der Waals surface area contributed by atoms with Crippen molar-refractivity contribution in [2.24, 2.45) is 5.92 Å². The van der Waals surface area contributed by atoms with Gasteiger partial charge in [0.1, 0.15) is 5.75 Å². The van der Waals surface area contributed by atoms with Gasteiger partial charge in [-0.2, -0.15) is 0 Å². The van der Waals surface area contributed by atoms with Crippen molar-refractivity contribution in [3.05, 3.63) is 29.8 Å². The molecule has 19 heavy (non-hydrogen) atoms. The van der Waals surface area contributed by atoms with E-state index in [1.54, 1.807) is 7.11 Å². The van der Waals surface area contributed by atoms with Crippen molar-refractivity contribution >= 4 is 5.97 Å². The monoisotopic (exact) mass is 265 g/mol. The van der Waals surface area contributed by atoms with Gasteiger partial charge in [0.2, 0.25) is 0 Å². The molecule has 0 unspecified atom stereocenters. The Morgan fingerprint density at radius 3 is 2.42 bits per heavy atom. The van der Waals surface area contributed by atoms with E-state index in [1.165, 1.54) is 5.56 Å². The summed E-state index contributed by atoms with van der Waals surface area (Å²) in [6, 6.07) is 7.90. The molecule has 1 rings (SSSR count). The molecule has 1 aromatic carbocycles. The van der Waals surface area contributed by atoms with Gasteiger partial charge in [0.05, 0.1) is 13.7 Å². The number of rotatable bonds is 8. The third kappa shape index (κ3) is 6.25. The summed E-state index contributed by atoms with van der Waals surface area (Å²) in [6.45, 7) is 5.87. The van der Waals surface area contributed by atoms with E-state index < -0.39 is 5.97 Å². The number of aliphatic carboxylic acids is 1. The van der Waals surface area contributed by atoms with E-state index in [0.29, 0.717) is 5.92 Å². The molecule has 0 heterocycles. The van der Waals surface area contributed by atoms with Crippen molar-refractivity contribution < 1.29 is 14.6 Å². The SMILES string of the molecule is COc1ccc(CCN(CC(=O)O)CC(C)C)cc1. The topological polar surface area (TPSA) is 49.8 Å². The Balaban J connectivity index is 2.51. The summed E-state index contributed by atoms with van der Waals surface area (Å²) < 4.78 is 5.11. The quantitative estimate of drug-likeness (QED) is 0.783. The third-order valence-corrected chi connectivity index (χ3v) is 2.86. The Labute approximate surface area is 115 Å². The van der Waals surface area contributed by atoms with E-state index in [2.05, 4.69) is 13.8 Å². The Bertz CT molecular complexity index is 387. The van der Waals surface area contributed by atoms with Gasteiger partial charge in [0, 0.05) is 13.1 Å². The number of carboxylic acid groups (broad SMARTS) is 1. The number of methoxy groups -OCH3 is 1. The highest BCUT2D eigenvalue weighted by molar-refractivity contribution is 5.69. The summed E-state index contributed by atoms with van der Waals surface area (Å²) in [6.07, 6.45) is 0.851. The van der Waals surface area contributed by atoms with E-state index >= 15 is 0 Å². The standard InChI is InChI=1S/C15H23NO3/c1-12(2)10-16(11-15(17)18)9-8-13-4-6-14(19-3)7-5-13/h4-7,12H,8-11H2,1-3H3,(H,17,18). The average molecular weight is 265 g/mol. The highest BCUT2D eigenvalue weighted by Crippen LogP contribution is 2.12. The predicted octanol–water partition coefficient (Wildman–Crippen LogP) is 2.28. The van der Waals surface area contributed by atoms with Crippen LogP contribution in [-0.2, 0) is 11.2 Å². The van der Waals surface area contributed by atoms with E-state index in [4.69, 9.17) is 9.84 Å². The first-order valence-corrected chi connectivity index (χ1v) is 6.58. The van der Waals surface area contributed by atoms with Gasteiger partial charge in [0.25, 0.3) is 0 Å². The second-order valence-electron chi connectivity index (χ2n) is 5.12. The van der Waals surface area contributed by atoms with E-state index in [0.717, 1.165) is 25.3 Å². The van der Waals surface area contributed by atoms with Gasteiger partial charge in [-0.25, -0.2) is 0 Å². The molecule has 0 aliphatic rings. The predicted molar refractivity (Wildman–Crippen MR) is 75.6 cm³/mol. The summed E-state index contributed by atoms with van der Waals surface area (Å²) >= 11 is 0. The van der Waals surface area contributed by atoms with Gasteiger partial charge in [-0.3, -0.25) is 9.69 Å². The van der Waals surface area contributed by atoms with Gasteiger partial charge in [-0.15, -0.1) is 0 Å². The third-order valence-electron chi connectivity index (χ3n) is 2.86. The van der Waals surface area contributed by atoms with Crippen molar-refractivity contribution in [2.75, 3.05) is 26.7 Å². The summed E-state index contributed by atoms with van der Waals surface area (Å²) in [7, 11) is 1.65. The minimum absolute atomic E-state index is 0.105. The minimum atomic E-state index is -0.768. The lowest BCUT2D eigenvalue weighted by Gasteiger charge is -2.22. The van der Waals surface area contributed by atoms with Crippen LogP contribution in [0, 0.1) is 5.92 Å². The van der Waals surface area contributed by atoms with Crippen LogP contribution in [-0.4, -0.2) is 42.7 Å². The number of hydrogen-bond acceptors (Lipinski definition) is 3. The molecule has 0 atom stereocenters. The number of benzene rings is 1. The molecule has 4 heteroatoms. The molecule has 0 saturated heterocycles. The lowest BCUT2D eigenvalue weighted by molar-refractivity contribution is -0.138. The Hall–Kier alpha value is -1.55. The van der Waals surface area contributed by atoms with Crippen LogP contribution in [0.5, 0.6) is 5.75 Å². The number of hydrogen-bond donors (Lipinski definition) is 1. The first kappa shape index (κ1) is 15.5. The van der Waals surface area contributed by atoms with Gasteiger partial charge in [-0.05, 0) is 30.0 Å². The fourth-order valence-corrected chi connectivity index (χ4v) is 2.02. The fraction of sp³-hybridized carbons (Fsp3) is 0.533. The van der Waals surface area contributed by atoms with Crippen molar-refractivity contribution in [2.45, 2.75) is 20.3 Å². The summed E-state index contributed by atoms with van der Waals surface area (Å²) in [5, 5.41) is 8.90. The zero-order chi connectivity index (χ0) is 14.3. The van der Waals surface area contributed by atoms with Crippen LogP contribution in [0.25, 0.3) is 0 Å². The van der Waals surface area contributed by atoms with Crippen molar-refractivity contribution in [1.82, 2.24) is 4.90 Å². The fourth-order valence-electron chi connectivity index (χ4n) is 2.02. The molecule has 0 saturated carbocycles. The zero-order valence-electron chi connectivity index (χ0n) is 11.9. The normalized spacial score (nSPS) is 11.0. The van der Waals surface area contributed by atoms with Crippen LogP contribution < -0.4 is 4.74 Å². The first-order chi connectivity index (χ1) is 9.01. The molecule has 0 aliphatic carbocycles. The molecular weight excluding hydrogens is 242 g/mol. The molecule has 1 aromatic rings. The largest absolute Gasteiger partial charge is 0.497 e. The maximum absolute atomic E-state index is 10.8. The average Bonchev–Trinajstić information content (AvgIpc) is 2.35. The molecule has 0 bridgehead atoms. The smallest absolute Gasteiger partial charge is 0.317 e. The van der Waals surface area contributed by atoms with Crippen LogP contribution in [0.2, 0.25) is 0 Å². The van der Waals surface area contributed by atoms with Crippen LogP contribution >= 0.6 is 0 Å². The van der Waals surface area contributed by atoms with Crippen molar-refractivity contribution in [3.63, 3.8) is 0 Å². The maximum Gasteiger partial charge on any atom is 0.317 e. The molecule has 106 valence electrons. The zero-order valence-corrected chi connectivity index (χ0v) is 11.9. The first-order valence-electron chi connectivity index (χ1n) is 6.58. The molecule has 1 N–H and O–H groups in total. The second kappa shape index (κ2) is 7.79. The van der Waals surface area contributed by atoms with Crippen LogP contribution in [0.15, 0.2) is 24.3 Å². The summed E-state index contributed by atoms with van der Waals surface area (Å²) in [4.78, 5) is 12.8. The molecule has 0 aliphatic heterocycles. The van der Waals surface area contributed by atoms with E-state index in [-0.39, 0.29) is 6.54 Å². The van der Waals surface area contributed by atoms with Crippen molar-refractivity contribution in [3.8, 4) is 5.75 Å². The molecule has 0 spiro atoms. The highest BCUT2D eigenvalue weighted by atomic mass is 16.5. The van der Waals surface area contributed by atoms with Gasteiger partial charge in [0.15, 0.2) is 0 Å². The molecular formula is C15H23NO3. The molecule has 0 aromatic heterocycles. The Morgan fingerprint density at radius 2 is 1.95 bits per heavy atom. The number of nitrogens with zero attached hydrogens (tertiary/aromatic N) is 1. The lowest BCUT2D eigenvalue weighted by Crippen LogP contribution is -2.34. The molecule has 0 amide bonds. The highest BCUT2D eigenvalue weighted by Gasteiger charge is 2.11.